The molecule has 22 heavy (non-hydrogen) atoms. The van der Waals surface area contributed by atoms with E-state index in [9.17, 15) is 14.7 Å². The van der Waals surface area contributed by atoms with E-state index < -0.39 is 12.0 Å². The fraction of sp³-hybridized carbons (Fsp3) is 0.529. The highest BCUT2D eigenvalue weighted by Crippen LogP contribution is 2.23. The monoisotopic (exact) mass is 327 g/mol. The number of hydrogen-bond acceptors (Lipinski definition) is 3. The fourth-order valence-electron chi connectivity index (χ4n) is 2.87. The maximum atomic E-state index is 11.8. The summed E-state index contributed by atoms with van der Waals surface area (Å²) >= 11 is 0. The Morgan fingerprint density at radius 3 is 2.27 bits per heavy atom. The van der Waals surface area contributed by atoms with Crippen LogP contribution in [0.1, 0.15) is 59.3 Å². The molecule has 0 spiro atoms. The first-order valence-corrected chi connectivity index (χ1v) is 7.36. The number of halogens is 1. The van der Waals surface area contributed by atoms with Gasteiger partial charge in [-0.1, -0.05) is 19.4 Å². The molecule has 0 fully saturated rings. The molecule has 1 atom stereocenters. The average molecular weight is 328 g/mol. The molecule has 0 aliphatic heterocycles. The predicted octanol–water partition coefficient (Wildman–Crippen LogP) is 3.58. The molecule has 0 aromatic heterocycles. The van der Waals surface area contributed by atoms with Crippen molar-refractivity contribution in [3.8, 4) is 0 Å². The van der Waals surface area contributed by atoms with Crippen molar-refractivity contribution in [1.82, 2.24) is 5.32 Å². The number of carboxylic acids is 1. The van der Waals surface area contributed by atoms with Gasteiger partial charge < -0.3 is 10.4 Å². The molecule has 1 aromatic rings. The first-order valence-electron chi connectivity index (χ1n) is 7.36. The summed E-state index contributed by atoms with van der Waals surface area (Å²) in [6.45, 7) is 9.87. The summed E-state index contributed by atoms with van der Waals surface area (Å²) in [4.78, 5) is 23.0. The maximum absolute atomic E-state index is 11.8. The van der Waals surface area contributed by atoms with Gasteiger partial charge in [0.1, 0.15) is 6.04 Å². The Bertz CT molecular complexity index is 555. The van der Waals surface area contributed by atoms with Gasteiger partial charge in [-0.2, -0.15) is 0 Å². The molecular weight excluding hydrogens is 302 g/mol. The van der Waals surface area contributed by atoms with Crippen molar-refractivity contribution in [2.45, 2.75) is 60.0 Å². The number of nitrogens with one attached hydrogen (secondary N) is 1. The van der Waals surface area contributed by atoms with Crippen LogP contribution in [0.25, 0.3) is 0 Å². The maximum Gasteiger partial charge on any atom is 0.320 e. The lowest BCUT2D eigenvalue weighted by Crippen LogP contribution is -2.36. The van der Waals surface area contributed by atoms with Crippen molar-refractivity contribution >= 4 is 24.2 Å². The summed E-state index contributed by atoms with van der Waals surface area (Å²) in [5.74, 6) is -0.777. The number of carbonyl (C=O) groups excluding carboxylic acids is 1. The third-order valence-electron chi connectivity index (χ3n) is 3.88. The third-order valence-corrected chi connectivity index (χ3v) is 3.88. The van der Waals surface area contributed by atoms with Crippen molar-refractivity contribution in [3.63, 3.8) is 0 Å². The van der Waals surface area contributed by atoms with Gasteiger partial charge in [-0.05, 0) is 56.4 Å². The van der Waals surface area contributed by atoms with E-state index in [4.69, 9.17) is 0 Å². The van der Waals surface area contributed by atoms with E-state index in [1.54, 1.807) is 6.92 Å². The molecule has 0 heterocycles. The van der Waals surface area contributed by atoms with Crippen molar-refractivity contribution in [2.75, 3.05) is 0 Å². The number of rotatable bonds is 7. The molecule has 0 aliphatic carbocycles. The molecule has 0 radical (unpaired) electrons. The Morgan fingerprint density at radius 2 is 1.82 bits per heavy atom. The fourth-order valence-corrected chi connectivity index (χ4v) is 2.87. The Labute approximate surface area is 138 Å². The smallest absolute Gasteiger partial charge is 0.320 e. The van der Waals surface area contributed by atoms with Gasteiger partial charge in [-0.25, -0.2) is 0 Å². The van der Waals surface area contributed by atoms with E-state index in [0.717, 1.165) is 34.2 Å². The molecule has 124 valence electrons. The SMILES string of the molecule is CCCC(NCc1c(C)cc(C)c(C(C)=O)c1C)C(=O)O.Cl. The first-order chi connectivity index (χ1) is 9.79. The Balaban J connectivity index is 0.00000441. The van der Waals surface area contributed by atoms with E-state index >= 15 is 0 Å². The average Bonchev–Trinajstić information content (AvgIpc) is 2.35. The van der Waals surface area contributed by atoms with Crippen molar-refractivity contribution in [2.24, 2.45) is 0 Å². The van der Waals surface area contributed by atoms with Crippen LogP contribution in [-0.2, 0) is 11.3 Å². The van der Waals surface area contributed by atoms with Gasteiger partial charge in [0.2, 0.25) is 0 Å². The van der Waals surface area contributed by atoms with Crippen molar-refractivity contribution in [1.29, 1.82) is 0 Å². The highest BCUT2D eigenvalue weighted by Gasteiger charge is 2.18. The lowest BCUT2D eigenvalue weighted by atomic mass is 9.91. The number of aryl methyl sites for hydroxylation is 2. The van der Waals surface area contributed by atoms with Gasteiger partial charge in [0.05, 0.1) is 0 Å². The number of carboxylic acid groups (broad SMARTS) is 1. The van der Waals surface area contributed by atoms with Gasteiger partial charge in [-0.15, -0.1) is 12.4 Å². The van der Waals surface area contributed by atoms with Crippen molar-refractivity contribution < 1.29 is 14.7 Å². The predicted molar refractivity (Wildman–Crippen MR) is 91.1 cm³/mol. The summed E-state index contributed by atoms with van der Waals surface area (Å²) in [7, 11) is 0. The highest BCUT2D eigenvalue weighted by molar-refractivity contribution is 5.97. The molecule has 5 heteroatoms. The molecule has 4 nitrogen and oxygen atoms in total. The second kappa shape index (κ2) is 8.91. The third kappa shape index (κ3) is 4.82. The number of hydrogen-bond donors (Lipinski definition) is 2. The Hall–Kier alpha value is -1.39. The standard InChI is InChI=1S/C17H25NO3.ClH/c1-6-7-15(17(20)21)18-9-14-10(2)8-11(3)16(12(14)4)13(5)19;/h8,15,18H,6-7,9H2,1-5H3,(H,20,21);1H. The quantitative estimate of drug-likeness (QED) is 0.751. The normalized spacial score (nSPS) is 11.7. The van der Waals surface area contributed by atoms with Crippen molar-refractivity contribution in [3.05, 3.63) is 33.9 Å². The Morgan fingerprint density at radius 1 is 1.23 bits per heavy atom. The van der Waals surface area contributed by atoms with Crippen LogP contribution in [0.15, 0.2) is 6.07 Å². The zero-order chi connectivity index (χ0) is 16.2. The van der Waals surface area contributed by atoms with Crippen LogP contribution in [0, 0.1) is 20.8 Å². The second-order valence-corrected chi connectivity index (χ2v) is 5.61. The molecule has 0 aliphatic rings. The number of Topliss-reactive ketones (excluding diaryl/α,β-unsaturated/α-hetero) is 1. The topological polar surface area (TPSA) is 66.4 Å². The van der Waals surface area contributed by atoms with Crippen LogP contribution in [0.4, 0.5) is 0 Å². The van der Waals surface area contributed by atoms with Gasteiger partial charge in [-0.3, -0.25) is 9.59 Å². The lowest BCUT2D eigenvalue weighted by molar-refractivity contribution is -0.139. The van der Waals surface area contributed by atoms with Gasteiger partial charge >= 0.3 is 5.97 Å². The minimum absolute atomic E-state index is 0. The Kier molecular flexibility index (Phi) is 8.35. The molecule has 0 bridgehead atoms. The number of aliphatic carboxylic acids is 1. The first kappa shape index (κ1) is 20.6. The van der Waals surface area contributed by atoms with Crippen LogP contribution >= 0.6 is 12.4 Å². The summed E-state index contributed by atoms with van der Waals surface area (Å²) < 4.78 is 0. The molecule has 0 saturated carbocycles. The summed E-state index contributed by atoms with van der Waals surface area (Å²) in [6, 6.07) is 1.45. The molecule has 1 rings (SSSR count). The molecule has 0 saturated heterocycles. The lowest BCUT2D eigenvalue weighted by Gasteiger charge is -2.19. The van der Waals surface area contributed by atoms with Crippen LogP contribution < -0.4 is 5.32 Å². The van der Waals surface area contributed by atoms with Crippen LogP contribution in [0.3, 0.4) is 0 Å². The molecule has 0 amide bonds. The van der Waals surface area contributed by atoms with E-state index in [-0.39, 0.29) is 18.2 Å². The second-order valence-electron chi connectivity index (χ2n) is 5.61. The molecule has 2 N–H and O–H groups in total. The number of benzene rings is 1. The number of carbonyl (C=O) groups is 2. The van der Waals surface area contributed by atoms with E-state index in [2.05, 4.69) is 5.32 Å². The van der Waals surface area contributed by atoms with Crippen LogP contribution in [0.5, 0.6) is 0 Å². The van der Waals surface area contributed by atoms with Crippen LogP contribution in [0.2, 0.25) is 0 Å². The minimum atomic E-state index is -0.828. The zero-order valence-electron chi connectivity index (χ0n) is 13.9. The van der Waals surface area contributed by atoms with Gasteiger partial charge in [0.25, 0.3) is 0 Å². The van der Waals surface area contributed by atoms with E-state index in [1.165, 1.54) is 0 Å². The van der Waals surface area contributed by atoms with Crippen LogP contribution in [-0.4, -0.2) is 22.9 Å². The summed E-state index contributed by atoms with van der Waals surface area (Å²) in [6.07, 6.45) is 1.41. The molecule has 1 aromatic carbocycles. The summed E-state index contributed by atoms with van der Waals surface area (Å²) in [5, 5.41) is 12.3. The number of ketones is 1. The molecular formula is C17H26ClNO3. The largest absolute Gasteiger partial charge is 0.480 e. The zero-order valence-corrected chi connectivity index (χ0v) is 14.8. The minimum Gasteiger partial charge on any atom is -0.480 e. The van der Waals surface area contributed by atoms with Gasteiger partial charge in [0, 0.05) is 12.1 Å². The van der Waals surface area contributed by atoms with E-state index in [1.807, 2.05) is 33.8 Å². The molecule has 1 unspecified atom stereocenters. The highest BCUT2D eigenvalue weighted by atomic mass is 35.5. The van der Waals surface area contributed by atoms with E-state index in [0.29, 0.717) is 13.0 Å². The summed E-state index contributed by atoms with van der Waals surface area (Å²) in [5.41, 5.74) is 4.79. The van der Waals surface area contributed by atoms with Gasteiger partial charge in [0.15, 0.2) is 5.78 Å².